The fourth-order valence-corrected chi connectivity index (χ4v) is 6.46. The molecule has 2 atom stereocenters. The Morgan fingerprint density at radius 2 is 0.778 bits per heavy atom. The number of aliphatic hydroxyl groups is 1. The third-order valence-electron chi connectivity index (χ3n) is 9.72. The van der Waals surface area contributed by atoms with Crippen LogP contribution < -0.4 is 5.32 Å². The van der Waals surface area contributed by atoms with Gasteiger partial charge in [-0.1, -0.05) is 219 Å². The van der Waals surface area contributed by atoms with Gasteiger partial charge in [-0.15, -0.1) is 0 Å². The Morgan fingerprint density at radius 3 is 1.11 bits per heavy atom. The minimum Gasteiger partial charge on any atom is -0.387 e. The molecule has 2 N–H and O–H groups in total. The van der Waals surface area contributed by atoms with Crippen molar-refractivity contribution >= 4 is 5.91 Å². The van der Waals surface area contributed by atoms with Crippen molar-refractivity contribution in [2.75, 3.05) is 0 Å². The molecule has 0 aromatic carbocycles. The first-order valence-electron chi connectivity index (χ1n) is 20.8. The molecule has 0 unspecified atom stereocenters. The van der Waals surface area contributed by atoms with E-state index in [-0.39, 0.29) is 11.9 Å². The Balaban J connectivity index is 3.41. The Labute approximate surface area is 284 Å². The van der Waals surface area contributed by atoms with E-state index < -0.39 is 6.10 Å². The third kappa shape index (κ3) is 35.9. The summed E-state index contributed by atoms with van der Waals surface area (Å²) in [6.45, 7) is 6.48. The number of hydrogen-bond donors (Lipinski definition) is 2. The van der Waals surface area contributed by atoms with Gasteiger partial charge in [0.15, 0.2) is 0 Å². The summed E-state index contributed by atoms with van der Waals surface area (Å²) >= 11 is 0. The highest BCUT2D eigenvalue weighted by molar-refractivity contribution is 5.76. The molecule has 0 saturated carbocycles. The van der Waals surface area contributed by atoms with Gasteiger partial charge >= 0.3 is 0 Å². The third-order valence-corrected chi connectivity index (χ3v) is 9.72. The molecule has 268 valence electrons. The van der Waals surface area contributed by atoms with Crippen LogP contribution in [0.15, 0.2) is 12.2 Å². The molecule has 0 aliphatic heterocycles. The number of amides is 1. The normalized spacial score (nSPS) is 13.1. The van der Waals surface area contributed by atoms with E-state index >= 15 is 0 Å². The van der Waals surface area contributed by atoms with E-state index in [2.05, 4.69) is 25.2 Å². The topological polar surface area (TPSA) is 49.3 Å². The molecule has 0 rings (SSSR count). The largest absolute Gasteiger partial charge is 0.387 e. The first-order chi connectivity index (χ1) is 22.1. The molecule has 0 saturated heterocycles. The minimum absolute atomic E-state index is 0.0816. The smallest absolute Gasteiger partial charge is 0.220 e. The summed E-state index contributed by atoms with van der Waals surface area (Å²) in [5.74, 6) is 0.0816. The number of aliphatic hydroxyl groups excluding tert-OH is 1. The summed E-state index contributed by atoms with van der Waals surface area (Å²) in [7, 11) is 0. The molecule has 0 radical (unpaired) electrons. The van der Waals surface area contributed by atoms with Crippen molar-refractivity contribution in [3.8, 4) is 0 Å². The standard InChI is InChI=1S/C42H83NO2/c1-4-6-8-10-12-14-16-18-19-20-21-22-23-24-25-27-29-31-33-35-37-39-42(45)43-40(3)41(44)38-36-34-32-30-28-26-17-15-13-11-9-7-5-2/h36,38,40-41,44H,4-35,37,39H2,1-3H3,(H,43,45)/t40-,41+/m0/s1. The zero-order chi connectivity index (χ0) is 32.9. The second-order valence-corrected chi connectivity index (χ2v) is 14.4. The van der Waals surface area contributed by atoms with Crippen molar-refractivity contribution in [1.82, 2.24) is 5.32 Å². The van der Waals surface area contributed by atoms with Crippen LogP contribution in [0.4, 0.5) is 0 Å². The Bertz CT molecular complexity index is 604. The maximum absolute atomic E-state index is 12.3. The van der Waals surface area contributed by atoms with Gasteiger partial charge in [0.2, 0.25) is 5.91 Å². The number of hydrogen-bond acceptors (Lipinski definition) is 2. The lowest BCUT2D eigenvalue weighted by molar-refractivity contribution is -0.122. The Morgan fingerprint density at radius 1 is 0.489 bits per heavy atom. The van der Waals surface area contributed by atoms with Gasteiger partial charge < -0.3 is 10.4 Å². The number of rotatable bonds is 37. The maximum Gasteiger partial charge on any atom is 0.220 e. The lowest BCUT2D eigenvalue weighted by atomic mass is 10.0. The first kappa shape index (κ1) is 44.2. The van der Waals surface area contributed by atoms with E-state index in [1.165, 1.54) is 193 Å². The lowest BCUT2D eigenvalue weighted by Gasteiger charge is -2.17. The lowest BCUT2D eigenvalue weighted by Crippen LogP contribution is -2.40. The van der Waals surface area contributed by atoms with Crippen LogP contribution in [0, 0.1) is 0 Å². The van der Waals surface area contributed by atoms with Gasteiger partial charge in [0.25, 0.3) is 0 Å². The van der Waals surface area contributed by atoms with Gasteiger partial charge in [-0.3, -0.25) is 4.79 Å². The minimum atomic E-state index is -0.596. The SMILES string of the molecule is CCCCCCCCCCCCCC=C[C@@H](O)[C@H](C)NC(=O)CCCCCCCCCCCCCCCCCCCCCCC. The monoisotopic (exact) mass is 634 g/mol. The van der Waals surface area contributed by atoms with E-state index in [9.17, 15) is 9.90 Å². The average molecular weight is 634 g/mol. The Hall–Kier alpha value is -0.830. The molecular weight excluding hydrogens is 550 g/mol. The van der Waals surface area contributed by atoms with Gasteiger partial charge in [-0.25, -0.2) is 0 Å². The van der Waals surface area contributed by atoms with E-state index in [4.69, 9.17) is 0 Å². The van der Waals surface area contributed by atoms with Gasteiger partial charge in [0.05, 0.1) is 12.1 Å². The van der Waals surface area contributed by atoms with Crippen LogP contribution >= 0.6 is 0 Å². The summed E-state index contributed by atoms with van der Waals surface area (Å²) in [5, 5.41) is 13.4. The van der Waals surface area contributed by atoms with Gasteiger partial charge in [0, 0.05) is 6.42 Å². The van der Waals surface area contributed by atoms with Crippen molar-refractivity contribution in [2.24, 2.45) is 0 Å². The summed E-state index contributed by atoms with van der Waals surface area (Å²) in [5.41, 5.74) is 0. The van der Waals surface area contributed by atoms with Crippen LogP contribution in [0.3, 0.4) is 0 Å². The van der Waals surface area contributed by atoms with E-state index in [0.717, 1.165) is 19.3 Å². The fourth-order valence-electron chi connectivity index (χ4n) is 6.46. The van der Waals surface area contributed by atoms with Crippen LogP contribution in [0.2, 0.25) is 0 Å². The highest BCUT2D eigenvalue weighted by atomic mass is 16.3. The van der Waals surface area contributed by atoms with E-state index in [0.29, 0.717) is 6.42 Å². The molecule has 0 fully saturated rings. The van der Waals surface area contributed by atoms with Crippen LogP contribution in [-0.2, 0) is 4.79 Å². The zero-order valence-electron chi connectivity index (χ0n) is 31.2. The molecule has 0 aliphatic carbocycles. The molecule has 1 amide bonds. The van der Waals surface area contributed by atoms with Gasteiger partial charge in [-0.2, -0.15) is 0 Å². The zero-order valence-corrected chi connectivity index (χ0v) is 31.2. The molecule has 0 aromatic heterocycles. The predicted molar refractivity (Wildman–Crippen MR) is 201 cm³/mol. The van der Waals surface area contributed by atoms with Gasteiger partial charge in [0.1, 0.15) is 0 Å². The molecule has 3 nitrogen and oxygen atoms in total. The second-order valence-electron chi connectivity index (χ2n) is 14.4. The van der Waals surface area contributed by atoms with Crippen molar-refractivity contribution in [3.63, 3.8) is 0 Å². The number of carbonyl (C=O) groups is 1. The van der Waals surface area contributed by atoms with E-state index in [1.807, 2.05) is 13.0 Å². The summed E-state index contributed by atoms with van der Waals surface area (Å²) in [4.78, 5) is 12.3. The predicted octanol–water partition coefficient (Wildman–Crippen LogP) is 13.7. The molecule has 0 aliphatic rings. The quantitative estimate of drug-likeness (QED) is 0.0528. The molecule has 0 bridgehead atoms. The molecule has 0 spiro atoms. The highest BCUT2D eigenvalue weighted by Gasteiger charge is 2.13. The van der Waals surface area contributed by atoms with Gasteiger partial charge in [-0.05, 0) is 26.2 Å². The van der Waals surface area contributed by atoms with Crippen molar-refractivity contribution in [2.45, 2.75) is 251 Å². The molecule has 0 heterocycles. The van der Waals surface area contributed by atoms with Crippen LogP contribution in [-0.4, -0.2) is 23.2 Å². The van der Waals surface area contributed by atoms with Crippen LogP contribution in [0.1, 0.15) is 239 Å². The summed E-state index contributed by atoms with van der Waals surface area (Å²) in [6, 6.07) is -0.221. The van der Waals surface area contributed by atoms with Crippen molar-refractivity contribution in [3.05, 3.63) is 12.2 Å². The number of carbonyl (C=O) groups excluding carboxylic acids is 1. The molecule has 0 aromatic rings. The number of allylic oxidation sites excluding steroid dienone is 1. The Kier molecular flexibility index (Phi) is 36.9. The first-order valence-corrected chi connectivity index (χ1v) is 20.8. The molecular formula is C42H83NO2. The molecule has 3 heteroatoms. The van der Waals surface area contributed by atoms with E-state index in [1.54, 1.807) is 0 Å². The summed E-state index contributed by atoms with van der Waals surface area (Å²) < 4.78 is 0. The highest BCUT2D eigenvalue weighted by Crippen LogP contribution is 2.16. The number of nitrogens with one attached hydrogen (secondary N) is 1. The average Bonchev–Trinajstić information content (AvgIpc) is 3.03. The summed E-state index contributed by atoms with van der Waals surface area (Å²) in [6.07, 6.45) is 48.8. The number of unbranched alkanes of at least 4 members (excludes halogenated alkanes) is 31. The van der Waals surface area contributed by atoms with Crippen LogP contribution in [0.5, 0.6) is 0 Å². The maximum atomic E-state index is 12.3. The van der Waals surface area contributed by atoms with Crippen LogP contribution in [0.25, 0.3) is 0 Å². The van der Waals surface area contributed by atoms with Crippen molar-refractivity contribution in [1.29, 1.82) is 0 Å². The fraction of sp³-hybridized carbons (Fsp3) is 0.929. The second kappa shape index (κ2) is 37.6. The van der Waals surface area contributed by atoms with Crippen molar-refractivity contribution < 1.29 is 9.90 Å². The molecule has 45 heavy (non-hydrogen) atoms.